The lowest BCUT2D eigenvalue weighted by Crippen LogP contribution is -1.99. The lowest BCUT2D eigenvalue weighted by atomic mass is 10.0. The van der Waals surface area contributed by atoms with Crippen molar-refractivity contribution in [3.63, 3.8) is 0 Å². The number of anilines is 1. The van der Waals surface area contributed by atoms with Gasteiger partial charge in [-0.2, -0.15) is 0 Å². The number of hydrogen-bond donors (Lipinski definition) is 1. The van der Waals surface area contributed by atoms with Gasteiger partial charge in [0, 0.05) is 10.7 Å². The summed E-state index contributed by atoms with van der Waals surface area (Å²) in [4.78, 5) is 17.8. The van der Waals surface area contributed by atoms with Gasteiger partial charge in [-0.15, -0.1) is 0 Å². The summed E-state index contributed by atoms with van der Waals surface area (Å²) in [6.07, 6.45) is 5.47. The minimum absolute atomic E-state index is 0.417. The van der Waals surface area contributed by atoms with E-state index in [1.54, 1.807) is 0 Å². The SMILES string of the molecule is CCCc1ccc(-c2cc(-c3cccc(Br)c3)c3c(N)ncnc3n2)nc1. The van der Waals surface area contributed by atoms with Crippen LogP contribution in [0.15, 0.2) is 59.5 Å². The number of nitrogens with two attached hydrogens (primary N) is 1. The highest BCUT2D eigenvalue weighted by atomic mass is 79.9. The van der Waals surface area contributed by atoms with Crippen LogP contribution in [0.5, 0.6) is 0 Å². The highest BCUT2D eigenvalue weighted by molar-refractivity contribution is 9.10. The Bertz CT molecular complexity index is 1110. The average molecular weight is 420 g/mol. The Kier molecular flexibility index (Phi) is 4.81. The van der Waals surface area contributed by atoms with E-state index >= 15 is 0 Å². The molecule has 0 saturated carbocycles. The molecule has 4 aromatic rings. The van der Waals surface area contributed by atoms with Crippen LogP contribution in [0.3, 0.4) is 0 Å². The van der Waals surface area contributed by atoms with Crippen LogP contribution in [0, 0.1) is 0 Å². The van der Waals surface area contributed by atoms with Crippen LogP contribution in [0.2, 0.25) is 0 Å². The molecule has 3 aromatic heterocycles. The number of pyridine rings is 2. The first-order valence-corrected chi connectivity index (χ1v) is 9.57. The van der Waals surface area contributed by atoms with Crippen molar-refractivity contribution in [1.29, 1.82) is 0 Å². The standard InChI is InChI=1S/C21H18BrN5/c1-2-4-13-7-8-17(24-11-13)18-10-16(14-5-3-6-15(22)9-14)19-20(23)25-12-26-21(19)27-18/h3,5-12H,2,4H2,1H3,(H2,23,25,26,27). The normalized spacial score (nSPS) is 11.0. The lowest BCUT2D eigenvalue weighted by Gasteiger charge is -2.11. The zero-order valence-electron chi connectivity index (χ0n) is 14.9. The first-order chi connectivity index (χ1) is 13.2. The molecule has 0 atom stereocenters. The zero-order chi connectivity index (χ0) is 18.8. The summed E-state index contributed by atoms with van der Waals surface area (Å²) in [6, 6.07) is 14.2. The molecule has 0 aliphatic carbocycles. The summed E-state index contributed by atoms with van der Waals surface area (Å²) in [5.41, 5.74) is 11.5. The van der Waals surface area contributed by atoms with Gasteiger partial charge in [0.05, 0.1) is 16.8 Å². The molecular formula is C21H18BrN5. The van der Waals surface area contributed by atoms with E-state index in [4.69, 9.17) is 5.73 Å². The van der Waals surface area contributed by atoms with E-state index in [-0.39, 0.29) is 0 Å². The number of halogens is 1. The maximum absolute atomic E-state index is 6.16. The van der Waals surface area contributed by atoms with E-state index in [1.807, 2.05) is 42.6 Å². The maximum Gasteiger partial charge on any atom is 0.165 e. The molecular weight excluding hydrogens is 402 g/mol. The third-order valence-electron chi connectivity index (χ3n) is 4.39. The van der Waals surface area contributed by atoms with Crippen molar-refractivity contribution in [2.24, 2.45) is 0 Å². The van der Waals surface area contributed by atoms with Crippen molar-refractivity contribution < 1.29 is 0 Å². The second-order valence-electron chi connectivity index (χ2n) is 6.32. The van der Waals surface area contributed by atoms with Gasteiger partial charge in [0.1, 0.15) is 12.1 Å². The average Bonchev–Trinajstić information content (AvgIpc) is 2.68. The summed E-state index contributed by atoms with van der Waals surface area (Å²) in [5.74, 6) is 0.417. The molecule has 0 unspecified atom stereocenters. The number of nitrogen functional groups attached to an aromatic ring is 1. The van der Waals surface area contributed by atoms with Gasteiger partial charge in [-0.1, -0.05) is 47.5 Å². The van der Waals surface area contributed by atoms with Crippen LogP contribution in [0.1, 0.15) is 18.9 Å². The minimum Gasteiger partial charge on any atom is -0.383 e. The molecule has 0 spiro atoms. The van der Waals surface area contributed by atoms with Gasteiger partial charge in [0.2, 0.25) is 0 Å². The third kappa shape index (κ3) is 3.53. The Morgan fingerprint density at radius 2 is 1.89 bits per heavy atom. The summed E-state index contributed by atoms with van der Waals surface area (Å²) in [5, 5.41) is 0.752. The van der Waals surface area contributed by atoms with E-state index in [9.17, 15) is 0 Å². The molecule has 3 heterocycles. The summed E-state index contributed by atoms with van der Waals surface area (Å²) >= 11 is 3.54. The number of nitrogens with zero attached hydrogens (tertiary/aromatic N) is 4. The zero-order valence-corrected chi connectivity index (χ0v) is 16.4. The topological polar surface area (TPSA) is 77.6 Å². The van der Waals surface area contributed by atoms with Crippen molar-refractivity contribution >= 4 is 32.8 Å². The molecule has 134 valence electrons. The Morgan fingerprint density at radius 1 is 1.00 bits per heavy atom. The van der Waals surface area contributed by atoms with Gasteiger partial charge >= 0.3 is 0 Å². The van der Waals surface area contributed by atoms with Crippen molar-refractivity contribution in [2.75, 3.05) is 5.73 Å². The maximum atomic E-state index is 6.16. The molecule has 2 N–H and O–H groups in total. The number of aryl methyl sites for hydroxylation is 1. The van der Waals surface area contributed by atoms with E-state index in [0.717, 1.165) is 45.2 Å². The molecule has 0 aliphatic rings. The summed E-state index contributed by atoms with van der Waals surface area (Å²) in [7, 11) is 0. The van der Waals surface area contributed by atoms with Crippen molar-refractivity contribution in [1.82, 2.24) is 19.9 Å². The monoisotopic (exact) mass is 419 g/mol. The molecule has 0 amide bonds. The fourth-order valence-corrected chi connectivity index (χ4v) is 3.51. The van der Waals surface area contributed by atoms with E-state index in [2.05, 4.69) is 48.9 Å². The summed E-state index contributed by atoms with van der Waals surface area (Å²) < 4.78 is 0.990. The molecule has 5 nitrogen and oxygen atoms in total. The summed E-state index contributed by atoms with van der Waals surface area (Å²) in [6.45, 7) is 2.16. The molecule has 0 bridgehead atoms. The first-order valence-electron chi connectivity index (χ1n) is 8.78. The Labute approximate surface area is 165 Å². The Morgan fingerprint density at radius 3 is 2.63 bits per heavy atom. The van der Waals surface area contributed by atoms with Gasteiger partial charge in [-0.05, 0) is 47.4 Å². The number of fused-ring (bicyclic) bond motifs is 1. The Balaban J connectivity index is 1.93. The largest absolute Gasteiger partial charge is 0.383 e. The molecule has 0 radical (unpaired) electrons. The van der Waals surface area contributed by atoms with E-state index < -0.39 is 0 Å². The number of aromatic nitrogens is 4. The van der Waals surface area contributed by atoms with Crippen LogP contribution < -0.4 is 5.73 Å². The highest BCUT2D eigenvalue weighted by Crippen LogP contribution is 2.34. The molecule has 4 rings (SSSR count). The molecule has 0 fully saturated rings. The van der Waals surface area contributed by atoms with Crippen LogP contribution >= 0.6 is 15.9 Å². The second kappa shape index (κ2) is 7.40. The number of rotatable bonds is 4. The number of hydrogen-bond acceptors (Lipinski definition) is 5. The lowest BCUT2D eigenvalue weighted by molar-refractivity contribution is 0.914. The molecule has 1 aromatic carbocycles. The molecule has 0 saturated heterocycles. The van der Waals surface area contributed by atoms with Crippen LogP contribution in [-0.2, 0) is 6.42 Å². The van der Waals surface area contributed by atoms with Crippen molar-refractivity contribution in [3.8, 4) is 22.5 Å². The van der Waals surface area contributed by atoms with Crippen LogP contribution in [0.25, 0.3) is 33.5 Å². The molecule has 6 heteroatoms. The predicted molar refractivity (Wildman–Crippen MR) is 112 cm³/mol. The van der Waals surface area contributed by atoms with Gasteiger partial charge in [-0.3, -0.25) is 4.98 Å². The van der Waals surface area contributed by atoms with Crippen molar-refractivity contribution in [3.05, 3.63) is 65.0 Å². The second-order valence-corrected chi connectivity index (χ2v) is 7.24. The predicted octanol–water partition coefficient (Wildman–Crippen LogP) is 5.05. The Hall–Kier alpha value is -2.86. The number of benzene rings is 1. The van der Waals surface area contributed by atoms with E-state index in [1.165, 1.54) is 11.9 Å². The van der Waals surface area contributed by atoms with Gasteiger partial charge in [-0.25, -0.2) is 15.0 Å². The van der Waals surface area contributed by atoms with Gasteiger partial charge in [0.25, 0.3) is 0 Å². The van der Waals surface area contributed by atoms with Crippen molar-refractivity contribution in [2.45, 2.75) is 19.8 Å². The highest BCUT2D eigenvalue weighted by Gasteiger charge is 2.14. The quantitative estimate of drug-likeness (QED) is 0.500. The first kappa shape index (κ1) is 17.5. The van der Waals surface area contributed by atoms with Crippen LogP contribution in [-0.4, -0.2) is 19.9 Å². The third-order valence-corrected chi connectivity index (χ3v) is 4.89. The van der Waals surface area contributed by atoms with Gasteiger partial charge in [0.15, 0.2) is 5.65 Å². The van der Waals surface area contributed by atoms with Gasteiger partial charge < -0.3 is 5.73 Å². The fraction of sp³-hybridized carbons (Fsp3) is 0.143. The smallest absolute Gasteiger partial charge is 0.165 e. The van der Waals surface area contributed by atoms with Crippen LogP contribution in [0.4, 0.5) is 5.82 Å². The fourth-order valence-electron chi connectivity index (χ4n) is 3.12. The molecule has 0 aliphatic heterocycles. The van der Waals surface area contributed by atoms with E-state index in [0.29, 0.717) is 11.5 Å². The minimum atomic E-state index is 0.417. The molecule has 27 heavy (non-hydrogen) atoms.